The number of ether oxygens (including phenoxy) is 2. The molecule has 1 saturated heterocycles. The topological polar surface area (TPSA) is 55.8 Å². The molecule has 1 aliphatic rings. The molecule has 108 valence electrons. The number of amides is 1. The highest BCUT2D eigenvalue weighted by Gasteiger charge is 2.19. The summed E-state index contributed by atoms with van der Waals surface area (Å²) >= 11 is 0. The van der Waals surface area contributed by atoms with E-state index in [1.807, 2.05) is 0 Å². The van der Waals surface area contributed by atoms with Gasteiger partial charge in [-0.2, -0.15) is 0 Å². The highest BCUT2D eigenvalue weighted by atomic mass is 16.5. The normalized spacial score (nSPS) is 14.8. The van der Waals surface area contributed by atoms with E-state index < -0.39 is 0 Å². The van der Waals surface area contributed by atoms with Crippen LogP contribution in [0.4, 0.5) is 0 Å². The van der Waals surface area contributed by atoms with Crippen LogP contribution in [-0.4, -0.2) is 43.3 Å². The number of hydrogen-bond donors (Lipinski definition) is 0. The second-order valence-electron chi connectivity index (χ2n) is 4.77. The Morgan fingerprint density at radius 2 is 2.05 bits per heavy atom. The van der Waals surface area contributed by atoms with Crippen LogP contribution >= 0.6 is 0 Å². The van der Waals surface area contributed by atoms with E-state index in [-0.39, 0.29) is 11.9 Å². The van der Waals surface area contributed by atoms with Crippen molar-refractivity contribution in [2.45, 2.75) is 39.0 Å². The van der Waals surface area contributed by atoms with E-state index in [1.54, 1.807) is 11.8 Å². The predicted molar refractivity (Wildman–Crippen MR) is 71.4 cm³/mol. The summed E-state index contributed by atoms with van der Waals surface area (Å²) in [5.41, 5.74) is 0.429. The van der Waals surface area contributed by atoms with Gasteiger partial charge < -0.3 is 14.4 Å². The number of carbonyl (C=O) groups is 2. The molecule has 1 amide bonds. The second kappa shape index (κ2) is 8.69. The molecule has 1 heterocycles. The van der Waals surface area contributed by atoms with Crippen LogP contribution in [0, 0.1) is 0 Å². The molecule has 0 atom stereocenters. The van der Waals surface area contributed by atoms with Gasteiger partial charge in [0, 0.05) is 25.1 Å². The summed E-state index contributed by atoms with van der Waals surface area (Å²) in [4.78, 5) is 24.1. The predicted octanol–water partition coefficient (Wildman–Crippen LogP) is 1.87. The SMILES string of the molecule is C=C(C)C(=O)OCCCCCOCN1CCCC1=O. The molecule has 0 aromatic heterocycles. The van der Waals surface area contributed by atoms with E-state index in [4.69, 9.17) is 9.47 Å². The van der Waals surface area contributed by atoms with Gasteiger partial charge in [0.25, 0.3) is 0 Å². The van der Waals surface area contributed by atoms with Crippen LogP contribution < -0.4 is 0 Å². The third-order valence-corrected chi connectivity index (χ3v) is 2.93. The van der Waals surface area contributed by atoms with Crippen LogP contribution in [-0.2, 0) is 19.1 Å². The summed E-state index contributed by atoms with van der Waals surface area (Å²) < 4.78 is 10.4. The van der Waals surface area contributed by atoms with Gasteiger partial charge in [-0.3, -0.25) is 4.79 Å². The van der Waals surface area contributed by atoms with Gasteiger partial charge in [0.2, 0.25) is 5.91 Å². The van der Waals surface area contributed by atoms with E-state index in [2.05, 4.69) is 6.58 Å². The summed E-state index contributed by atoms with van der Waals surface area (Å²) in [5.74, 6) is -0.143. The molecule has 19 heavy (non-hydrogen) atoms. The minimum Gasteiger partial charge on any atom is -0.462 e. The molecular weight excluding hydrogens is 246 g/mol. The first-order valence-electron chi connectivity index (χ1n) is 6.79. The average molecular weight is 269 g/mol. The summed E-state index contributed by atoms with van der Waals surface area (Å²) in [5, 5.41) is 0. The van der Waals surface area contributed by atoms with Gasteiger partial charge in [-0.25, -0.2) is 4.79 Å². The maximum Gasteiger partial charge on any atom is 0.333 e. The maximum atomic E-state index is 11.3. The molecule has 0 aromatic carbocycles. The minimum atomic E-state index is -0.330. The second-order valence-corrected chi connectivity index (χ2v) is 4.77. The molecular formula is C14H23NO4. The van der Waals surface area contributed by atoms with Gasteiger partial charge in [-0.1, -0.05) is 6.58 Å². The zero-order valence-corrected chi connectivity index (χ0v) is 11.7. The van der Waals surface area contributed by atoms with Gasteiger partial charge in [-0.15, -0.1) is 0 Å². The summed E-state index contributed by atoms with van der Waals surface area (Å²) in [7, 11) is 0. The number of unbranched alkanes of at least 4 members (excludes halogenated alkanes) is 2. The van der Waals surface area contributed by atoms with E-state index >= 15 is 0 Å². The van der Waals surface area contributed by atoms with Crippen molar-refractivity contribution in [3.63, 3.8) is 0 Å². The van der Waals surface area contributed by atoms with E-state index in [0.717, 1.165) is 32.2 Å². The molecule has 0 saturated carbocycles. The highest BCUT2D eigenvalue weighted by molar-refractivity contribution is 5.86. The van der Waals surface area contributed by atoms with Crippen molar-refractivity contribution in [3.05, 3.63) is 12.2 Å². The molecule has 1 aliphatic heterocycles. The smallest absolute Gasteiger partial charge is 0.333 e. The Labute approximate surface area is 114 Å². The first-order valence-corrected chi connectivity index (χ1v) is 6.79. The molecule has 0 aromatic rings. The number of hydrogen-bond acceptors (Lipinski definition) is 4. The third-order valence-electron chi connectivity index (χ3n) is 2.93. The van der Waals surface area contributed by atoms with E-state index in [9.17, 15) is 9.59 Å². The lowest BCUT2D eigenvalue weighted by atomic mass is 10.2. The molecule has 0 unspecified atom stereocenters. The fourth-order valence-electron chi connectivity index (χ4n) is 1.79. The molecule has 0 radical (unpaired) electrons. The van der Waals surface area contributed by atoms with Crippen molar-refractivity contribution in [2.75, 3.05) is 26.5 Å². The van der Waals surface area contributed by atoms with Crippen molar-refractivity contribution in [3.8, 4) is 0 Å². The first-order chi connectivity index (χ1) is 9.11. The summed E-state index contributed by atoms with van der Waals surface area (Å²) in [6.07, 6.45) is 4.27. The number of esters is 1. The molecule has 5 nitrogen and oxygen atoms in total. The number of rotatable bonds is 9. The molecule has 1 rings (SSSR count). The quantitative estimate of drug-likeness (QED) is 0.364. The standard InChI is InChI=1S/C14H23NO4/c1-12(2)14(17)19-10-5-3-4-9-18-11-15-8-6-7-13(15)16/h1,3-11H2,2H3. The van der Waals surface area contributed by atoms with E-state index in [0.29, 0.717) is 31.9 Å². The van der Waals surface area contributed by atoms with Gasteiger partial charge in [0.1, 0.15) is 6.73 Å². The summed E-state index contributed by atoms with van der Waals surface area (Å²) in [6, 6.07) is 0. The Kier molecular flexibility index (Phi) is 7.18. The Balaban J connectivity index is 1.87. The van der Waals surface area contributed by atoms with Crippen LogP contribution in [0.25, 0.3) is 0 Å². The van der Waals surface area contributed by atoms with E-state index in [1.165, 1.54) is 0 Å². The van der Waals surface area contributed by atoms with Crippen molar-refractivity contribution < 1.29 is 19.1 Å². The lowest BCUT2D eigenvalue weighted by molar-refractivity contribution is -0.139. The number of likely N-dealkylation sites (tertiary alicyclic amines) is 1. The van der Waals surface area contributed by atoms with Crippen molar-refractivity contribution in [1.29, 1.82) is 0 Å². The zero-order chi connectivity index (χ0) is 14.1. The fourth-order valence-corrected chi connectivity index (χ4v) is 1.79. The lowest BCUT2D eigenvalue weighted by Crippen LogP contribution is -2.27. The third kappa shape index (κ3) is 6.38. The van der Waals surface area contributed by atoms with Gasteiger partial charge in [0.05, 0.1) is 6.61 Å². The van der Waals surface area contributed by atoms with Crippen LogP contribution in [0.15, 0.2) is 12.2 Å². The zero-order valence-electron chi connectivity index (χ0n) is 11.7. The Morgan fingerprint density at radius 3 is 2.68 bits per heavy atom. The Morgan fingerprint density at radius 1 is 1.32 bits per heavy atom. The fraction of sp³-hybridized carbons (Fsp3) is 0.714. The molecule has 0 spiro atoms. The van der Waals surface area contributed by atoms with Gasteiger partial charge in [0.15, 0.2) is 0 Å². The average Bonchev–Trinajstić information content (AvgIpc) is 2.78. The number of carbonyl (C=O) groups excluding carboxylic acids is 2. The van der Waals surface area contributed by atoms with Crippen LogP contribution in [0.2, 0.25) is 0 Å². The van der Waals surface area contributed by atoms with Gasteiger partial charge >= 0.3 is 5.97 Å². The monoisotopic (exact) mass is 269 g/mol. The van der Waals surface area contributed by atoms with Gasteiger partial charge in [-0.05, 0) is 32.6 Å². The maximum absolute atomic E-state index is 11.3. The molecule has 0 N–H and O–H groups in total. The van der Waals surface area contributed by atoms with Crippen LogP contribution in [0.1, 0.15) is 39.0 Å². The molecule has 0 aliphatic carbocycles. The first kappa shape index (κ1) is 15.7. The highest BCUT2D eigenvalue weighted by Crippen LogP contribution is 2.09. The minimum absolute atomic E-state index is 0.187. The van der Waals surface area contributed by atoms with Crippen LogP contribution in [0.3, 0.4) is 0 Å². The molecule has 1 fully saturated rings. The van der Waals surface area contributed by atoms with Crippen molar-refractivity contribution >= 4 is 11.9 Å². The van der Waals surface area contributed by atoms with Crippen molar-refractivity contribution in [2.24, 2.45) is 0 Å². The lowest BCUT2D eigenvalue weighted by Gasteiger charge is -2.15. The van der Waals surface area contributed by atoms with Crippen molar-refractivity contribution in [1.82, 2.24) is 4.90 Å². The van der Waals surface area contributed by atoms with Crippen LogP contribution in [0.5, 0.6) is 0 Å². The Hall–Kier alpha value is -1.36. The summed E-state index contributed by atoms with van der Waals surface area (Å²) in [6.45, 7) is 7.43. The number of nitrogens with zero attached hydrogens (tertiary/aromatic N) is 1. The Bertz CT molecular complexity index is 327. The molecule has 0 bridgehead atoms. The molecule has 5 heteroatoms. The largest absolute Gasteiger partial charge is 0.462 e.